The highest BCUT2D eigenvalue weighted by atomic mass is 32.2. The van der Waals surface area contributed by atoms with Gasteiger partial charge in [0.25, 0.3) is 10.0 Å². The lowest BCUT2D eigenvalue weighted by molar-refractivity contribution is -0.0553. The topological polar surface area (TPSA) is 70.1 Å². The fourth-order valence-electron chi connectivity index (χ4n) is 5.36. The normalized spacial score (nSPS) is 24.0. The fourth-order valence-corrected chi connectivity index (χ4v) is 8.01. The van der Waals surface area contributed by atoms with Crippen LogP contribution < -0.4 is 4.74 Å². The quantitative estimate of drug-likeness (QED) is 0.556. The van der Waals surface area contributed by atoms with Crippen LogP contribution in [0.1, 0.15) is 24.3 Å². The van der Waals surface area contributed by atoms with Crippen LogP contribution in [0, 0.1) is 0 Å². The lowest BCUT2D eigenvalue weighted by Gasteiger charge is -2.57. The van der Waals surface area contributed by atoms with Gasteiger partial charge in [0, 0.05) is 31.1 Å². The number of sulfonamides is 1. The molecule has 5 rings (SSSR count). The van der Waals surface area contributed by atoms with Crippen molar-refractivity contribution in [1.29, 1.82) is 0 Å². The van der Waals surface area contributed by atoms with E-state index in [-0.39, 0.29) is 24.6 Å². The van der Waals surface area contributed by atoms with Crippen molar-refractivity contribution in [1.82, 2.24) is 9.21 Å². The maximum atomic E-state index is 13.3. The third kappa shape index (κ3) is 4.29. The van der Waals surface area contributed by atoms with Crippen LogP contribution in [0.25, 0.3) is 11.1 Å². The van der Waals surface area contributed by atoms with E-state index in [0.717, 1.165) is 41.8 Å². The molecule has 0 radical (unpaired) electrons. The van der Waals surface area contributed by atoms with Crippen LogP contribution in [0.2, 0.25) is 0 Å². The third-order valence-corrected chi connectivity index (χ3v) is 10.4. The van der Waals surface area contributed by atoms with Gasteiger partial charge in [-0.1, -0.05) is 42.5 Å². The fraction of sp³-hybridized carbons (Fsp3) is 0.385. The Morgan fingerprint density at radius 2 is 1.82 bits per heavy atom. The summed E-state index contributed by atoms with van der Waals surface area (Å²) in [7, 11) is -1.85. The number of benzene rings is 2. The number of ether oxygens (including phenoxy) is 1. The smallest absolute Gasteiger partial charge is 0.252 e. The minimum absolute atomic E-state index is 0.0112. The summed E-state index contributed by atoms with van der Waals surface area (Å²) < 4.78 is 34.0. The lowest BCUT2D eigenvalue weighted by atomic mass is 9.74. The Kier molecular flexibility index (Phi) is 6.77. The number of methoxy groups -OCH3 is 1. The molecule has 8 heteroatoms. The van der Waals surface area contributed by atoms with Crippen molar-refractivity contribution < 1.29 is 18.3 Å². The number of aliphatic hydroxyl groups excluding tert-OH is 1. The molecule has 3 atom stereocenters. The van der Waals surface area contributed by atoms with Crippen LogP contribution in [0.15, 0.2) is 70.3 Å². The molecule has 0 saturated carbocycles. The number of nitrogens with zero attached hydrogens (tertiary/aromatic N) is 2. The zero-order valence-corrected chi connectivity index (χ0v) is 20.8. The molecule has 2 saturated heterocycles. The molecule has 0 bridgehead atoms. The summed E-state index contributed by atoms with van der Waals surface area (Å²) in [5.74, 6) is 0.904. The second kappa shape index (κ2) is 9.79. The van der Waals surface area contributed by atoms with E-state index < -0.39 is 10.0 Å². The number of fused-ring (bicyclic) bond motifs is 1. The Hall–Kier alpha value is -2.23. The van der Waals surface area contributed by atoms with Crippen LogP contribution >= 0.6 is 11.3 Å². The molecule has 0 unspecified atom stereocenters. The molecule has 6 nitrogen and oxygen atoms in total. The molecular weight excluding hydrogens is 468 g/mol. The first-order valence-corrected chi connectivity index (χ1v) is 14.0. The highest BCUT2D eigenvalue weighted by Crippen LogP contribution is 2.43. The van der Waals surface area contributed by atoms with Gasteiger partial charge < -0.3 is 9.84 Å². The molecule has 2 aliphatic rings. The van der Waals surface area contributed by atoms with Gasteiger partial charge in [-0.05, 0) is 59.7 Å². The van der Waals surface area contributed by atoms with Crippen LogP contribution in [-0.4, -0.2) is 68.2 Å². The summed E-state index contributed by atoms with van der Waals surface area (Å²) in [4.78, 5) is 2.30. The molecule has 2 fully saturated rings. The zero-order chi connectivity index (χ0) is 23.7. The lowest BCUT2D eigenvalue weighted by Crippen LogP contribution is -2.67. The van der Waals surface area contributed by atoms with E-state index >= 15 is 0 Å². The molecule has 3 aromatic rings. The van der Waals surface area contributed by atoms with Crippen molar-refractivity contribution >= 4 is 21.4 Å². The summed E-state index contributed by atoms with van der Waals surface area (Å²) in [6.45, 7) is 1.94. The van der Waals surface area contributed by atoms with Gasteiger partial charge in [-0.3, -0.25) is 4.90 Å². The van der Waals surface area contributed by atoms with Gasteiger partial charge in [0.2, 0.25) is 0 Å². The van der Waals surface area contributed by atoms with Crippen molar-refractivity contribution in [2.24, 2.45) is 0 Å². The number of hydrogen-bond donors (Lipinski definition) is 1. The highest BCUT2D eigenvalue weighted by molar-refractivity contribution is 7.91. The van der Waals surface area contributed by atoms with Gasteiger partial charge in [-0.25, -0.2) is 8.42 Å². The van der Waals surface area contributed by atoms with E-state index in [9.17, 15) is 13.5 Å². The molecule has 0 amide bonds. The maximum Gasteiger partial charge on any atom is 0.252 e. The second-order valence-corrected chi connectivity index (χ2v) is 12.0. The molecule has 2 aromatic carbocycles. The summed E-state index contributed by atoms with van der Waals surface area (Å²) in [6, 6.07) is 19.9. The molecule has 0 spiro atoms. The predicted molar refractivity (Wildman–Crippen MR) is 135 cm³/mol. The van der Waals surface area contributed by atoms with Crippen molar-refractivity contribution in [3.8, 4) is 16.9 Å². The average molecular weight is 499 g/mol. The predicted octanol–water partition coefficient (Wildman–Crippen LogP) is 4.04. The van der Waals surface area contributed by atoms with Crippen molar-refractivity contribution in [3.63, 3.8) is 0 Å². The standard InChI is InChI=1S/C26H30N2O4S2/c1-32-22-7-4-6-21(16-22)19-9-11-20(12-10-19)26-23-17-27(34(30,31)25-8-5-15-33-25)13-2-3-14-28(23)24(26)18-29/h4-12,15-16,23-24,26,29H,2-3,13-14,17-18H2,1H3/t23-,24-,26+/m1/s1. The molecule has 1 N–H and O–H groups in total. The Morgan fingerprint density at radius 3 is 2.53 bits per heavy atom. The van der Waals surface area contributed by atoms with E-state index in [2.05, 4.69) is 35.2 Å². The van der Waals surface area contributed by atoms with E-state index in [1.165, 1.54) is 11.3 Å². The third-order valence-electron chi connectivity index (χ3n) is 7.12. The maximum absolute atomic E-state index is 13.3. The van der Waals surface area contributed by atoms with Crippen LogP contribution in [0.4, 0.5) is 0 Å². The van der Waals surface area contributed by atoms with Gasteiger partial charge in [-0.2, -0.15) is 4.31 Å². The summed E-state index contributed by atoms with van der Waals surface area (Å²) in [5.41, 5.74) is 3.32. The summed E-state index contributed by atoms with van der Waals surface area (Å²) in [6.07, 6.45) is 1.75. The number of rotatable bonds is 6. The largest absolute Gasteiger partial charge is 0.497 e. The zero-order valence-electron chi connectivity index (χ0n) is 19.2. The first-order chi connectivity index (χ1) is 16.5. The number of aliphatic hydroxyl groups is 1. The van der Waals surface area contributed by atoms with E-state index in [4.69, 9.17) is 4.74 Å². The van der Waals surface area contributed by atoms with Gasteiger partial charge in [0.15, 0.2) is 0 Å². The monoisotopic (exact) mass is 498 g/mol. The molecule has 1 aromatic heterocycles. The molecule has 3 heterocycles. The number of hydrogen-bond acceptors (Lipinski definition) is 6. The highest BCUT2D eigenvalue weighted by Gasteiger charge is 2.50. The minimum atomic E-state index is -3.51. The second-order valence-electron chi connectivity index (χ2n) is 8.94. The Bertz CT molecular complexity index is 1210. The van der Waals surface area contributed by atoms with E-state index in [0.29, 0.717) is 17.3 Å². The first kappa shape index (κ1) is 23.5. The van der Waals surface area contributed by atoms with Gasteiger partial charge in [0.05, 0.1) is 13.7 Å². The Balaban J connectivity index is 1.41. The van der Waals surface area contributed by atoms with E-state index in [1.54, 1.807) is 28.9 Å². The number of thiophene rings is 1. The van der Waals surface area contributed by atoms with Crippen molar-refractivity contribution in [3.05, 3.63) is 71.6 Å². The van der Waals surface area contributed by atoms with Crippen LogP contribution in [-0.2, 0) is 10.0 Å². The van der Waals surface area contributed by atoms with Crippen molar-refractivity contribution in [2.45, 2.75) is 35.1 Å². The summed E-state index contributed by atoms with van der Waals surface area (Å²) in [5, 5.41) is 12.0. The molecule has 0 aliphatic carbocycles. The van der Waals surface area contributed by atoms with Crippen LogP contribution in [0.5, 0.6) is 5.75 Å². The molecule has 180 valence electrons. The Morgan fingerprint density at radius 1 is 1.03 bits per heavy atom. The SMILES string of the molecule is COc1cccc(-c2ccc([C@@H]3[C@@H](CO)N4CCCCN(S(=O)(=O)c5cccs5)C[C@H]34)cc2)c1. The van der Waals surface area contributed by atoms with Gasteiger partial charge in [0.1, 0.15) is 9.96 Å². The first-order valence-electron chi connectivity index (χ1n) is 11.7. The Labute approximate surface area is 205 Å². The van der Waals surface area contributed by atoms with Crippen LogP contribution in [0.3, 0.4) is 0 Å². The van der Waals surface area contributed by atoms with E-state index in [1.807, 2.05) is 18.2 Å². The summed E-state index contributed by atoms with van der Waals surface area (Å²) >= 11 is 1.27. The molecule has 2 aliphatic heterocycles. The van der Waals surface area contributed by atoms with Gasteiger partial charge >= 0.3 is 0 Å². The molecular formula is C26H30N2O4S2. The van der Waals surface area contributed by atoms with Crippen molar-refractivity contribution in [2.75, 3.05) is 33.4 Å². The molecule has 34 heavy (non-hydrogen) atoms. The van der Waals surface area contributed by atoms with Gasteiger partial charge in [-0.15, -0.1) is 11.3 Å². The minimum Gasteiger partial charge on any atom is -0.497 e. The average Bonchev–Trinajstić information content (AvgIpc) is 3.39.